The number of hydrogen-bond donors (Lipinski definition) is 2. The first-order valence-electron chi connectivity index (χ1n) is 6.21. The van der Waals surface area contributed by atoms with Crippen molar-refractivity contribution in [1.82, 2.24) is 19.9 Å². The molecule has 4 nitrogen and oxygen atoms in total. The third kappa shape index (κ3) is 1.84. The van der Waals surface area contributed by atoms with Crippen molar-refractivity contribution in [3.8, 4) is 11.6 Å². The minimum absolute atomic E-state index is 0.0662. The molecule has 0 aliphatic carbocycles. The number of aromatic nitrogens is 4. The predicted molar refractivity (Wildman–Crippen MR) is 71.0 cm³/mol. The Kier molecular flexibility index (Phi) is 2.50. The van der Waals surface area contributed by atoms with Gasteiger partial charge in [-0.1, -0.05) is 0 Å². The van der Waals surface area contributed by atoms with Gasteiger partial charge in [-0.2, -0.15) is 0 Å². The largest absolute Gasteiger partial charge is 0.335 e. The molecule has 0 radical (unpaired) electrons. The van der Waals surface area contributed by atoms with Gasteiger partial charge < -0.3 is 9.97 Å². The Labute approximate surface area is 119 Å². The summed E-state index contributed by atoms with van der Waals surface area (Å²) < 4.78 is 53.6. The van der Waals surface area contributed by atoms with Gasteiger partial charge in [-0.25, -0.2) is 27.5 Å². The van der Waals surface area contributed by atoms with Crippen LogP contribution in [0.1, 0.15) is 0 Å². The van der Waals surface area contributed by atoms with Crippen molar-refractivity contribution in [1.29, 1.82) is 0 Å². The minimum Gasteiger partial charge on any atom is -0.335 e. The molecule has 8 heteroatoms. The second kappa shape index (κ2) is 4.30. The van der Waals surface area contributed by atoms with Gasteiger partial charge >= 0.3 is 0 Å². The molecule has 0 bridgehead atoms. The molecule has 2 N–H and O–H groups in total. The van der Waals surface area contributed by atoms with Crippen LogP contribution in [0.5, 0.6) is 0 Å². The maximum Gasteiger partial charge on any atom is 0.174 e. The quantitative estimate of drug-likeness (QED) is 0.527. The smallest absolute Gasteiger partial charge is 0.174 e. The number of aromatic amines is 2. The van der Waals surface area contributed by atoms with Crippen molar-refractivity contribution in [3.05, 3.63) is 47.5 Å². The number of nitrogens with one attached hydrogen (secondary N) is 2. The first kappa shape index (κ1) is 12.8. The molecule has 2 heterocycles. The van der Waals surface area contributed by atoms with Gasteiger partial charge in [0.1, 0.15) is 22.7 Å². The molecule has 0 saturated heterocycles. The molecule has 0 aliphatic rings. The summed E-state index contributed by atoms with van der Waals surface area (Å²) in [7, 11) is 0. The van der Waals surface area contributed by atoms with E-state index in [1.807, 2.05) is 0 Å². The van der Waals surface area contributed by atoms with Crippen molar-refractivity contribution in [2.24, 2.45) is 0 Å². The molecule has 0 amide bonds. The van der Waals surface area contributed by atoms with Gasteiger partial charge in [0.25, 0.3) is 0 Å². The number of halogens is 4. The van der Waals surface area contributed by atoms with Crippen LogP contribution in [0.15, 0.2) is 24.3 Å². The summed E-state index contributed by atoms with van der Waals surface area (Å²) in [6.07, 6.45) is 0. The van der Waals surface area contributed by atoms with Crippen molar-refractivity contribution < 1.29 is 17.6 Å². The molecule has 0 unspecified atom stereocenters. The maximum atomic E-state index is 13.6. The molecule has 2 aromatic carbocycles. The van der Waals surface area contributed by atoms with Crippen molar-refractivity contribution in [2.75, 3.05) is 0 Å². The van der Waals surface area contributed by atoms with Gasteiger partial charge in [-0.05, 0) is 12.1 Å². The first-order valence-corrected chi connectivity index (χ1v) is 6.21. The second-order valence-electron chi connectivity index (χ2n) is 4.74. The lowest BCUT2D eigenvalue weighted by molar-refractivity contribution is 0.590. The van der Waals surface area contributed by atoms with Crippen molar-refractivity contribution >= 4 is 22.1 Å². The first-order chi connectivity index (χ1) is 10.5. The Balaban J connectivity index is 1.95. The minimum atomic E-state index is -0.828. The fraction of sp³-hybridized carbons (Fsp3) is 0. The van der Waals surface area contributed by atoms with Gasteiger partial charge in [0, 0.05) is 12.1 Å². The standard InChI is InChI=1S/C14H6F4N4/c15-5-1-7(17)11-9(3-5)19-13(21-11)14-20-10-4-6(16)2-8(18)12(10)22-14/h1-4H,(H,19,21)(H,20,22). The van der Waals surface area contributed by atoms with Crippen LogP contribution in [-0.2, 0) is 0 Å². The van der Waals surface area contributed by atoms with Crippen molar-refractivity contribution in [2.45, 2.75) is 0 Å². The number of benzene rings is 2. The van der Waals surface area contributed by atoms with E-state index in [4.69, 9.17) is 0 Å². The van der Waals surface area contributed by atoms with E-state index in [-0.39, 0.29) is 33.7 Å². The zero-order valence-corrected chi connectivity index (χ0v) is 10.7. The Hall–Kier alpha value is -2.90. The zero-order chi connectivity index (χ0) is 15.4. The van der Waals surface area contributed by atoms with E-state index in [1.165, 1.54) is 0 Å². The van der Waals surface area contributed by atoms with Gasteiger partial charge in [0.05, 0.1) is 11.0 Å². The van der Waals surface area contributed by atoms with Crippen LogP contribution >= 0.6 is 0 Å². The van der Waals surface area contributed by atoms with E-state index in [1.54, 1.807) is 0 Å². The number of H-pyrrole nitrogens is 2. The van der Waals surface area contributed by atoms with E-state index in [0.717, 1.165) is 12.1 Å². The number of nitrogens with zero attached hydrogens (tertiary/aromatic N) is 2. The molecule has 110 valence electrons. The summed E-state index contributed by atoms with van der Waals surface area (Å²) in [5.74, 6) is -2.97. The maximum absolute atomic E-state index is 13.6. The van der Waals surface area contributed by atoms with E-state index in [0.29, 0.717) is 12.1 Å². The predicted octanol–water partition coefficient (Wildman–Crippen LogP) is 3.66. The fourth-order valence-corrected chi connectivity index (χ4v) is 2.31. The topological polar surface area (TPSA) is 57.4 Å². The molecule has 0 saturated carbocycles. The van der Waals surface area contributed by atoms with Crippen LogP contribution in [0.3, 0.4) is 0 Å². The van der Waals surface area contributed by atoms with Crippen LogP contribution in [-0.4, -0.2) is 19.9 Å². The van der Waals surface area contributed by atoms with Crippen LogP contribution in [0.4, 0.5) is 17.6 Å². The summed E-state index contributed by atoms with van der Waals surface area (Å²) in [4.78, 5) is 13.3. The summed E-state index contributed by atoms with van der Waals surface area (Å²) in [6.45, 7) is 0. The lowest BCUT2D eigenvalue weighted by Crippen LogP contribution is -1.83. The third-order valence-corrected chi connectivity index (χ3v) is 3.23. The molecular weight excluding hydrogens is 300 g/mol. The van der Waals surface area contributed by atoms with Crippen molar-refractivity contribution in [3.63, 3.8) is 0 Å². The van der Waals surface area contributed by atoms with E-state index in [9.17, 15) is 17.6 Å². The Bertz CT molecular complexity index is 950. The fourth-order valence-electron chi connectivity index (χ4n) is 2.31. The van der Waals surface area contributed by atoms with Crippen LogP contribution < -0.4 is 0 Å². The number of rotatable bonds is 1. The average Bonchev–Trinajstić information content (AvgIpc) is 3.01. The normalized spacial score (nSPS) is 11.6. The summed E-state index contributed by atoms with van der Waals surface area (Å²) in [6, 6.07) is 3.58. The van der Waals surface area contributed by atoms with Gasteiger partial charge in [-0.3, -0.25) is 0 Å². The Morgan fingerprint density at radius 1 is 0.636 bits per heavy atom. The summed E-state index contributed by atoms with van der Waals surface area (Å²) in [5, 5.41) is 0. The summed E-state index contributed by atoms with van der Waals surface area (Å²) >= 11 is 0. The molecule has 0 aliphatic heterocycles. The van der Waals surface area contributed by atoms with Gasteiger partial charge in [-0.15, -0.1) is 0 Å². The van der Waals surface area contributed by atoms with Crippen LogP contribution in [0, 0.1) is 23.3 Å². The van der Waals surface area contributed by atoms with Gasteiger partial charge in [0.2, 0.25) is 0 Å². The van der Waals surface area contributed by atoms with E-state index < -0.39 is 23.3 Å². The molecule has 0 fully saturated rings. The monoisotopic (exact) mass is 306 g/mol. The molecule has 22 heavy (non-hydrogen) atoms. The van der Waals surface area contributed by atoms with Crippen LogP contribution in [0.25, 0.3) is 33.7 Å². The molecular formula is C14H6F4N4. The zero-order valence-electron chi connectivity index (χ0n) is 10.7. The van der Waals surface area contributed by atoms with Crippen LogP contribution in [0.2, 0.25) is 0 Å². The highest BCUT2D eigenvalue weighted by atomic mass is 19.1. The molecule has 0 atom stereocenters. The van der Waals surface area contributed by atoms with E-state index >= 15 is 0 Å². The molecule has 4 rings (SSSR count). The number of fused-ring (bicyclic) bond motifs is 2. The lowest BCUT2D eigenvalue weighted by Gasteiger charge is -1.90. The SMILES string of the molecule is Fc1cc(F)c2nc(-c3nc4c(F)cc(F)cc4[nH]3)[nH]c2c1. The highest BCUT2D eigenvalue weighted by molar-refractivity contribution is 5.82. The number of hydrogen-bond acceptors (Lipinski definition) is 2. The highest BCUT2D eigenvalue weighted by Crippen LogP contribution is 2.25. The third-order valence-electron chi connectivity index (χ3n) is 3.23. The molecule has 4 aromatic rings. The average molecular weight is 306 g/mol. The highest BCUT2D eigenvalue weighted by Gasteiger charge is 2.16. The second-order valence-corrected chi connectivity index (χ2v) is 4.74. The molecule has 0 spiro atoms. The Morgan fingerprint density at radius 3 is 1.45 bits per heavy atom. The summed E-state index contributed by atoms with van der Waals surface area (Å²) in [5.41, 5.74) is 0.145. The van der Waals surface area contributed by atoms with Gasteiger partial charge in [0.15, 0.2) is 23.3 Å². The van der Waals surface area contributed by atoms with E-state index in [2.05, 4.69) is 19.9 Å². The lowest BCUT2D eigenvalue weighted by atomic mass is 10.3. The molecule has 2 aromatic heterocycles. The Morgan fingerprint density at radius 2 is 1.05 bits per heavy atom. The number of imidazole rings is 2.